The van der Waals surface area contributed by atoms with E-state index < -0.39 is 0 Å². The van der Waals surface area contributed by atoms with Crippen LogP contribution in [0, 0.1) is 5.92 Å². The zero-order valence-corrected chi connectivity index (χ0v) is 13.3. The molecule has 1 aliphatic rings. The largest absolute Gasteiger partial charge is 0.307 e. The van der Waals surface area contributed by atoms with Gasteiger partial charge in [0.1, 0.15) is 0 Å². The van der Waals surface area contributed by atoms with Crippen LogP contribution in [0.3, 0.4) is 0 Å². The second kappa shape index (κ2) is 6.64. The summed E-state index contributed by atoms with van der Waals surface area (Å²) in [4.78, 5) is 11.0. The Morgan fingerprint density at radius 3 is 2.85 bits per heavy atom. The van der Waals surface area contributed by atoms with Gasteiger partial charge >= 0.3 is 0 Å². The maximum Gasteiger partial charge on any atom is 0.0753 e. The van der Waals surface area contributed by atoms with Crippen molar-refractivity contribution in [3.05, 3.63) is 24.3 Å². The Morgan fingerprint density at radius 1 is 1.45 bits per heavy atom. The Morgan fingerprint density at radius 2 is 2.25 bits per heavy atom. The highest BCUT2D eigenvalue weighted by Crippen LogP contribution is 2.35. The van der Waals surface area contributed by atoms with Crippen molar-refractivity contribution in [1.82, 2.24) is 20.2 Å². The Bertz CT molecular complexity index is 406. The summed E-state index contributed by atoms with van der Waals surface area (Å²) < 4.78 is 0. The molecule has 0 radical (unpaired) electrons. The Balaban J connectivity index is 1.99. The van der Waals surface area contributed by atoms with Gasteiger partial charge in [0.2, 0.25) is 0 Å². The highest BCUT2D eigenvalue weighted by Gasteiger charge is 2.36. The molecule has 0 aromatic carbocycles. The van der Waals surface area contributed by atoms with E-state index in [-0.39, 0.29) is 11.6 Å². The lowest BCUT2D eigenvalue weighted by molar-refractivity contribution is 0.0727. The third kappa shape index (κ3) is 3.55. The van der Waals surface area contributed by atoms with Crippen molar-refractivity contribution in [3.63, 3.8) is 0 Å². The van der Waals surface area contributed by atoms with Crippen molar-refractivity contribution in [1.29, 1.82) is 0 Å². The van der Waals surface area contributed by atoms with Gasteiger partial charge in [-0.25, -0.2) is 0 Å². The smallest absolute Gasteiger partial charge is 0.0753 e. The van der Waals surface area contributed by atoms with Crippen molar-refractivity contribution in [2.75, 3.05) is 20.6 Å². The van der Waals surface area contributed by atoms with Crippen molar-refractivity contribution in [2.24, 2.45) is 5.92 Å². The lowest BCUT2D eigenvalue weighted by Crippen LogP contribution is -2.54. The lowest BCUT2D eigenvalue weighted by atomic mass is 9.75. The molecule has 1 saturated carbocycles. The maximum atomic E-state index is 4.39. The summed E-state index contributed by atoms with van der Waals surface area (Å²) >= 11 is 0. The SMILES string of the molecule is CC1CCCC(CNC(C)c2cnccn2)(N(C)C)C1. The van der Waals surface area contributed by atoms with Gasteiger partial charge in [-0.2, -0.15) is 0 Å². The number of hydrogen-bond acceptors (Lipinski definition) is 4. The highest BCUT2D eigenvalue weighted by molar-refractivity contribution is 5.02. The van der Waals surface area contributed by atoms with Crippen LogP contribution in [-0.2, 0) is 0 Å². The summed E-state index contributed by atoms with van der Waals surface area (Å²) in [5.74, 6) is 0.819. The first-order valence-electron chi connectivity index (χ1n) is 7.70. The molecule has 0 amide bonds. The molecule has 0 saturated heterocycles. The van der Waals surface area contributed by atoms with Gasteiger partial charge in [0.25, 0.3) is 0 Å². The van der Waals surface area contributed by atoms with Gasteiger partial charge in [-0.1, -0.05) is 19.8 Å². The number of nitrogens with zero attached hydrogens (tertiary/aromatic N) is 3. The monoisotopic (exact) mass is 276 g/mol. The summed E-state index contributed by atoms with van der Waals surface area (Å²) in [7, 11) is 4.43. The number of aromatic nitrogens is 2. The van der Waals surface area contributed by atoms with Crippen molar-refractivity contribution < 1.29 is 0 Å². The molecule has 1 N–H and O–H groups in total. The minimum absolute atomic E-state index is 0.248. The molecule has 1 aliphatic carbocycles. The highest BCUT2D eigenvalue weighted by atomic mass is 15.2. The van der Waals surface area contributed by atoms with Crippen molar-refractivity contribution in [2.45, 2.75) is 51.1 Å². The van der Waals surface area contributed by atoms with Gasteiger partial charge < -0.3 is 10.2 Å². The second-order valence-corrected chi connectivity index (χ2v) is 6.55. The molecule has 0 spiro atoms. The Kier molecular flexibility index (Phi) is 5.11. The number of rotatable bonds is 5. The van der Waals surface area contributed by atoms with E-state index in [9.17, 15) is 0 Å². The van der Waals surface area contributed by atoms with Crippen LogP contribution in [0.1, 0.15) is 51.3 Å². The molecule has 0 bridgehead atoms. The van der Waals surface area contributed by atoms with Crippen LogP contribution in [0.5, 0.6) is 0 Å². The van der Waals surface area contributed by atoms with Gasteiger partial charge in [-0.15, -0.1) is 0 Å². The molecule has 1 heterocycles. The van der Waals surface area contributed by atoms with E-state index >= 15 is 0 Å². The van der Waals surface area contributed by atoms with Crippen LogP contribution >= 0.6 is 0 Å². The third-order valence-electron chi connectivity index (χ3n) is 4.78. The first kappa shape index (κ1) is 15.4. The van der Waals surface area contributed by atoms with Crippen LogP contribution in [0.15, 0.2) is 18.6 Å². The van der Waals surface area contributed by atoms with Crippen LogP contribution in [0.4, 0.5) is 0 Å². The predicted octanol–water partition coefficient (Wildman–Crippen LogP) is 2.64. The van der Waals surface area contributed by atoms with E-state index in [4.69, 9.17) is 0 Å². The standard InChI is InChI=1S/C16H28N4/c1-13-6-5-7-16(10-13,20(3)4)12-19-14(2)15-11-17-8-9-18-15/h8-9,11,13-14,19H,5-7,10,12H2,1-4H3. The first-order chi connectivity index (χ1) is 9.53. The van der Waals surface area contributed by atoms with Gasteiger partial charge in [0, 0.05) is 36.7 Å². The fourth-order valence-electron chi connectivity index (χ4n) is 3.34. The van der Waals surface area contributed by atoms with Gasteiger partial charge in [-0.3, -0.25) is 9.97 Å². The quantitative estimate of drug-likeness (QED) is 0.897. The molecule has 112 valence electrons. The molecular formula is C16H28N4. The van der Waals surface area contributed by atoms with Gasteiger partial charge in [0.05, 0.1) is 5.69 Å². The molecule has 1 aromatic heterocycles. The summed E-state index contributed by atoms with van der Waals surface area (Å²) in [5, 5.41) is 3.67. The minimum Gasteiger partial charge on any atom is -0.307 e. The fraction of sp³-hybridized carbons (Fsp3) is 0.750. The summed E-state index contributed by atoms with van der Waals surface area (Å²) in [6.45, 7) is 5.56. The zero-order chi connectivity index (χ0) is 14.6. The van der Waals surface area contributed by atoms with E-state index in [0.717, 1.165) is 18.2 Å². The molecule has 1 aromatic rings. The van der Waals surface area contributed by atoms with Crippen LogP contribution in [0.25, 0.3) is 0 Å². The van der Waals surface area contributed by atoms with Gasteiger partial charge in [-0.05, 0) is 39.8 Å². The van der Waals surface area contributed by atoms with E-state index in [1.54, 1.807) is 12.4 Å². The maximum absolute atomic E-state index is 4.39. The minimum atomic E-state index is 0.248. The van der Waals surface area contributed by atoms with Crippen LogP contribution in [-0.4, -0.2) is 41.0 Å². The van der Waals surface area contributed by atoms with E-state index in [1.165, 1.54) is 25.7 Å². The number of nitrogens with one attached hydrogen (secondary N) is 1. The molecule has 1 fully saturated rings. The van der Waals surface area contributed by atoms with Crippen molar-refractivity contribution >= 4 is 0 Å². The fourth-order valence-corrected chi connectivity index (χ4v) is 3.34. The molecule has 2 rings (SSSR count). The summed E-state index contributed by atoms with van der Waals surface area (Å²) in [5.41, 5.74) is 1.30. The molecule has 0 aliphatic heterocycles. The van der Waals surface area contributed by atoms with Gasteiger partial charge in [0.15, 0.2) is 0 Å². The third-order valence-corrected chi connectivity index (χ3v) is 4.78. The average molecular weight is 276 g/mol. The lowest BCUT2D eigenvalue weighted by Gasteiger charge is -2.46. The first-order valence-corrected chi connectivity index (χ1v) is 7.70. The molecule has 4 nitrogen and oxygen atoms in total. The van der Waals surface area contributed by atoms with Crippen LogP contribution in [0.2, 0.25) is 0 Å². The molecule has 20 heavy (non-hydrogen) atoms. The summed E-state index contributed by atoms with van der Waals surface area (Å²) in [6.07, 6.45) is 10.6. The van der Waals surface area contributed by atoms with Crippen LogP contribution < -0.4 is 5.32 Å². The van der Waals surface area contributed by atoms with E-state index in [2.05, 4.69) is 48.1 Å². The average Bonchev–Trinajstić information content (AvgIpc) is 2.45. The van der Waals surface area contributed by atoms with E-state index in [1.807, 2.05) is 6.20 Å². The molecule has 3 atom stereocenters. The normalized spacial score (nSPS) is 28.6. The predicted molar refractivity (Wildman–Crippen MR) is 82.5 cm³/mol. The Hall–Kier alpha value is -1.00. The van der Waals surface area contributed by atoms with Crippen molar-refractivity contribution in [3.8, 4) is 0 Å². The Labute approximate surface area is 123 Å². The molecule has 3 unspecified atom stereocenters. The number of likely N-dealkylation sites (N-methyl/N-ethyl adjacent to an activating group) is 1. The molecular weight excluding hydrogens is 248 g/mol. The zero-order valence-electron chi connectivity index (χ0n) is 13.3. The van der Waals surface area contributed by atoms with E-state index in [0.29, 0.717) is 0 Å². The second-order valence-electron chi connectivity index (χ2n) is 6.55. The summed E-state index contributed by atoms with van der Waals surface area (Å²) in [6, 6.07) is 0.248. The number of hydrogen-bond donors (Lipinski definition) is 1. The molecule has 4 heteroatoms. The topological polar surface area (TPSA) is 41.1 Å².